The molecule has 1 aliphatic rings. The highest BCUT2D eigenvalue weighted by atomic mass is 16.5. The highest BCUT2D eigenvalue weighted by Gasteiger charge is 2.19. The van der Waals surface area contributed by atoms with E-state index in [2.05, 4.69) is 36.3 Å². The summed E-state index contributed by atoms with van der Waals surface area (Å²) >= 11 is 0. The number of nitrogens with zero attached hydrogens (tertiary/aromatic N) is 1. The molecular formula is C14H22N2O. The van der Waals surface area contributed by atoms with E-state index < -0.39 is 0 Å². The third kappa shape index (κ3) is 3.37. The molecule has 0 saturated carbocycles. The van der Waals surface area contributed by atoms with Gasteiger partial charge in [0, 0.05) is 12.6 Å². The van der Waals surface area contributed by atoms with Crippen LogP contribution in [0.5, 0.6) is 5.75 Å². The van der Waals surface area contributed by atoms with Gasteiger partial charge in [-0.3, -0.25) is 0 Å². The maximum absolute atomic E-state index is 5.75. The molecule has 94 valence electrons. The fraction of sp³-hybridized carbons (Fsp3) is 0.571. The third-order valence-electron chi connectivity index (χ3n) is 3.10. The van der Waals surface area contributed by atoms with Gasteiger partial charge in [-0.05, 0) is 38.6 Å². The minimum atomic E-state index is 0.548. The van der Waals surface area contributed by atoms with Gasteiger partial charge in [0.15, 0.2) is 0 Å². The number of nitrogens with one attached hydrogen (secondary N) is 1. The zero-order chi connectivity index (χ0) is 12.1. The van der Waals surface area contributed by atoms with Crippen LogP contribution in [0.3, 0.4) is 0 Å². The van der Waals surface area contributed by atoms with Crippen LogP contribution in [0.15, 0.2) is 24.3 Å². The second kappa shape index (κ2) is 5.92. The van der Waals surface area contributed by atoms with E-state index in [4.69, 9.17) is 4.74 Å². The van der Waals surface area contributed by atoms with Crippen LogP contribution in [0.2, 0.25) is 0 Å². The van der Waals surface area contributed by atoms with Gasteiger partial charge < -0.3 is 15.0 Å². The van der Waals surface area contributed by atoms with Gasteiger partial charge in [0.25, 0.3) is 0 Å². The van der Waals surface area contributed by atoms with E-state index in [1.54, 1.807) is 0 Å². The summed E-state index contributed by atoms with van der Waals surface area (Å²) in [6.45, 7) is 5.20. The second-order valence-electron chi connectivity index (χ2n) is 4.74. The van der Waals surface area contributed by atoms with E-state index in [1.807, 2.05) is 12.1 Å². The summed E-state index contributed by atoms with van der Waals surface area (Å²) in [7, 11) is 2.17. The predicted octanol–water partition coefficient (Wildman–Crippen LogP) is 2.59. The maximum atomic E-state index is 5.75. The molecule has 0 aromatic heterocycles. The fourth-order valence-corrected chi connectivity index (χ4v) is 2.20. The number of hydrogen-bond acceptors (Lipinski definition) is 3. The predicted molar refractivity (Wildman–Crippen MR) is 71.8 cm³/mol. The van der Waals surface area contributed by atoms with Crippen LogP contribution >= 0.6 is 0 Å². The molecule has 2 rings (SSSR count). The number of likely N-dealkylation sites (tertiary alicyclic amines) is 1. The van der Waals surface area contributed by atoms with Crippen molar-refractivity contribution in [2.45, 2.75) is 25.8 Å². The summed E-state index contributed by atoms with van der Waals surface area (Å²) in [5, 5.41) is 3.58. The van der Waals surface area contributed by atoms with Crippen molar-refractivity contribution in [3.63, 3.8) is 0 Å². The zero-order valence-corrected chi connectivity index (χ0v) is 10.8. The summed E-state index contributed by atoms with van der Waals surface area (Å²) in [5.41, 5.74) is 1.13. The van der Waals surface area contributed by atoms with Crippen LogP contribution in [0.4, 0.5) is 5.69 Å². The molecular weight excluding hydrogens is 212 g/mol. The Bertz CT molecular complexity index is 354. The number of ether oxygens (including phenoxy) is 1. The van der Waals surface area contributed by atoms with Crippen LogP contribution in [0.1, 0.15) is 19.8 Å². The standard InChI is InChI=1S/C14H22N2O/c1-3-10-17-14-7-5-4-6-13(14)15-12-8-9-16(2)11-12/h4-7,12,15H,3,8-11H2,1-2H3. The number of anilines is 1. The smallest absolute Gasteiger partial charge is 0.142 e. The molecule has 17 heavy (non-hydrogen) atoms. The summed E-state index contributed by atoms with van der Waals surface area (Å²) in [6, 6.07) is 8.77. The van der Waals surface area contributed by atoms with Gasteiger partial charge in [-0.1, -0.05) is 19.1 Å². The number of benzene rings is 1. The minimum Gasteiger partial charge on any atom is -0.491 e. The molecule has 3 nitrogen and oxygen atoms in total. The summed E-state index contributed by atoms with van der Waals surface area (Å²) in [6.07, 6.45) is 2.25. The van der Waals surface area contributed by atoms with Gasteiger partial charge in [0.2, 0.25) is 0 Å². The van der Waals surface area contributed by atoms with Crippen molar-refractivity contribution in [2.24, 2.45) is 0 Å². The molecule has 3 heteroatoms. The normalized spacial score (nSPS) is 20.5. The molecule has 1 aliphatic heterocycles. The Hall–Kier alpha value is -1.22. The van der Waals surface area contributed by atoms with Crippen LogP contribution in [-0.4, -0.2) is 37.7 Å². The lowest BCUT2D eigenvalue weighted by atomic mass is 10.2. The van der Waals surface area contributed by atoms with Crippen molar-refractivity contribution < 1.29 is 4.74 Å². The van der Waals surface area contributed by atoms with Crippen LogP contribution in [-0.2, 0) is 0 Å². The SMILES string of the molecule is CCCOc1ccccc1NC1CCN(C)C1. The van der Waals surface area contributed by atoms with Gasteiger partial charge in [0.05, 0.1) is 12.3 Å². The Morgan fingerprint density at radius 2 is 2.24 bits per heavy atom. The largest absolute Gasteiger partial charge is 0.491 e. The summed E-state index contributed by atoms with van der Waals surface area (Å²) < 4.78 is 5.75. The quantitative estimate of drug-likeness (QED) is 0.847. The monoisotopic (exact) mass is 234 g/mol. The first-order valence-corrected chi connectivity index (χ1v) is 6.46. The molecule has 1 saturated heterocycles. The molecule has 0 spiro atoms. The van der Waals surface area contributed by atoms with Crippen molar-refractivity contribution in [1.82, 2.24) is 4.90 Å². The summed E-state index contributed by atoms with van der Waals surface area (Å²) in [4.78, 5) is 2.35. The topological polar surface area (TPSA) is 24.5 Å². The van der Waals surface area contributed by atoms with Crippen molar-refractivity contribution in [1.29, 1.82) is 0 Å². The highest BCUT2D eigenvalue weighted by Crippen LogP contribution is 2.26. The number of para-hydroxylation sites is 2. The molecule has 1 aromatic carbocycles. The zero-order valence-electron chi connectivity index (χ0n) is 10.8. The molecule has 1 aromatic rings. The van der Waals surface area contributed by atoms with E-state index in [9.17, 15) is 0 Å². The Morgan fingerprint density at radius 1 is 1.41 bits per heavy atom. The lowest BCUT2D eigenvalue weighted by molar-refractivity contribution is 0.318. The van der Waals surface area contributed by atoms with Crippen LogP contribution in [0, 0.1) is 0 Å². The molecule has 1 heterocycles. The van der Waals surface area contributed by atoms with Crippen molar-refractivity contribution >= 4 is 5.69 Å². The molecule has 1 N–H and O–H groups in total. The molecule has 1 fully saturated rings. The van der Waals surface area contributed by atoms with Crippen LogP contribution < -0.4 is 10.1 Å². The van der Waals surface area contributed by atoms with Crippen molar-refractivity contribution in [3.05, 3.63) is 24.3 Å². The molecule has 1 unspecified atom stereocenters. The lowest BCUT2D eigenvalue weighted by Crippen LogP contribution is -2.23. The Morgan fingerprint density at radius 3 is 2.94 bits per heavy atom. The molecule has 0 aliphatic carbocycles. The molecule has 0 radical (unpaired) electrons. The first-order chi connectivity index (χ1) is 8.29. The van der Waals surface area contributed by atoms with E-state index in [0.717, 1.165) is 31.0 Å². The average molecular weight is 234 g/mol. The fourth-order valence-electron chi connectivity index (χ4n) is 2.20. The Balaban J connectivity index is 1.99. The number of rotatable bonds is 5. The first-order valence-electron chi connectivity index (χ1n) is 6.46. The van der Waals surface area contributed by atoms with E-state index in [-0.39, 0.29) is 0 Å². The van der Waals surface area contributed by atoms with Gasteiger partial charge in [-0.2, -0.15) is 0 Å². The van der Waals surface area contributed by atoms with E-state index >= 15 is 0 Å². The van der Waals surface area contributed by atoms with Crippen molar-refractivity contribution in [3.8, 4) is 5.75 Å². The van der Waals surface area contributed by atoms with Gasteiger partial charge >= 0.3 is 0 Å². The average Bonchev–Trinajstić information content (AvgIpc) is 2.74. The Kier molecular flexibility index (Phi) is 4.26. The number of hydrogen-bond donors (Lipinski definition) is 1. The molecule has 0 bridgehead atoms. The van der Waals surface area contributed by atoms with E-state index in [0.29, 0.717) is 6.04 Å². The first kappa shape index (κ1) is 12.2. The third-order valence-corrected chi connectivity index (χ3v) is 3.10. The van der Waals surface area contributed by atoms with Crippen LogP contribution in [0.25, 0.3) is 0 Å². The minimum absolute atomic E-state index is 0.548. The van der Waals surface area contributed by atoms with Gasteiger partial charge in [-0.25, -0.2) is 0 Å². The molecule has 1 atom stereocenters. The Labute approximate surface area is 104 Å². The number of likely N-dealkylation sites (N-methyl/N-ethyl adjacent to an activating group) is 1. The van der Waals surface area contributed by atoms with E-state index in [1.165, 1.54) is 13.0 Å². The lowest BCUT2D eigenvalue weighted by Gasteiger charge is -2.17. The highest BCUT2D eigenvalue weighted by molar-refractivity contribution is 5.56. The summed E-state index contributed by atoms with van der Waals surface area (Å²) in [5.74, 6) is 0.976. The van der Waals surface area contributed by atoms with Gasteiger partial charge in [0.1, 0.15) is 5.75 Å². The maximum Gasteiger partial charge on any atom is 0.142 e. The van der Waals surface area contributed by atoms with Gasteiger partial charge in [-0.15, -0.1) is 0 Å². The van der Waals surface area contributed by atoms with Crippen molar-refractivity contribution in [2.75, 3.05) is 32.1 Å². The molecule has 0 amide bonds. The second-order valence-corrected chi connectivity index (χ2v) is 4.74.